The van der Waals surface area contributed by atoms with Gasteiger partial charge in [-0.05, 0) is 51.9 Å². The summed E-state index contributed by atoms with van der Waals surface area (Å²) >= 11 is 0. The first-order valence-corrected chi connectivity index (χ1v) is 8.13. The molecule has 1 aliphatic carbocycles. The number of hydrogen-bond acceptors (Lipinski definition) is 4. The van der Waals surface area contributed by atoms with Crippen molar-refractivity contribution in [2.45, 2.75) is 85.0 Å². The Morgan fingerprint density at radius 1 is 1.14 bits per heavy atom. The quantitative estimate of drug-likeness (QED) is 0.784. The third-order valence-electron chi connectivity index (χ3n) is 4.07. The number of hydrogen-bond donors (Lipinski definition) is 2. The molecular formula is C17H33NO3. The molecule has 0 aromatic carbocycles. The molecule has 124 valence electrons. The molecule has 1 aliphatic rings. The molecular weight excluding hydrogens is 266 g/mol. The highest BCUT2D eigenvalue weighted by Crippen LogP contribution is 2.27. The maximum Gasteiger partial charge on any atom is 0.309 e. The van der Waals surface area contributed by atoms with Gasteiger partial charge in [0.2, 0.25) is 0 Å². The lowest BCUT2D eigenvalue weighted by atomic mass is 9.85. The second-order valence-electron chi connectivity index (χ2n) is 8.37. The Hall–Kier alpha value is -0.610. The van der Waals surface area contributed by atoms with Crippen LogP contribution in [0.5, 0.6) is 0 Å². The second-order valence-corrected chi connectivity index (χ2v) is 8.37. The summed E-state index contributed by atoms with van der Waals surface area (Å²) in [6.07, 6.45) is 3.35. The third kappa shape index (κ3) is 6.79. The van der Waals surface area contributed by atoms with Crippen LogP contribution >= 0.6 is 0 Å². The van der Waals surface area contributed by atoms with Crippen LogP contribution in [0, 0.1) is 11.3 Å². The normalized spacial score (nSPS) is 25.5. The summed E-state index contributed by atoms with van der Waals surface area (Å²) in [6, 6.07) is 0.403. The fourth-order valence-corrected chi connectivity index (χ4v) is 2.50. The predicted octanol–water partition coefficient (Wildman–Crippen LogP) is 2.88. The lowest BCUT2D eigenvalue weighted by molar-refractivity contribution is -0.161. The molecule has 1 saturated carbocycles. The second kappa shape index (κ2) is 7.10. The molecule has 4 nitrogen and oxygen atoms in total. The van der Waals surface area contributed by atoms with Gasteiger partial charge in [0.05, 0.1) is 12.0 Å². The Morgan fingerprint density at radius 2 is 1.67 bits per heavy atom. The highest BCUT2D eigenvalue weighted by molar-refractivity contribution is 5.73. The number of aliphatic hydroxyl groups excluding tert-OH is 1. The topological polar surface area (TPSA) is 58.6 Å². The smallest absolute Gasteiger partial charge is 0.309 e. The van der Waals surface area contributed by atoms with Gasteiger partial charge in [-0.25, -0.2) is 0 Å². The Kier molecular flexibility index (Phi) is 6.23. The van der Waals surface area contributed by atoms with Crippen LogP contribution in [0.3, 0.4) is 0 Å². The summed E-state index contributed by atoms with van der Waals surface area (Å²) in [7, 11) is 0. The number of aliphatic hydroxyl groups is 1. The first-order valence-electron chi connectivity index (χ1n) is 8.13. The van der Waals surface area contributed by atoms with E-state index in [2.05, 4.69) is 5.32 Å². The van der Waals surface area contributed by atoms with E-state index in [0.717, 1.165) is 25.7 Å². The van der Waals surface area contributed by atoms with Gasteiger partial charge in [0.1, 0.15) is 5.60 Å². The molecule has 0 bridgehead atoms. The van der Waals surface area contributed by atoms with Crippen molar-refractivity contribution in [3.8, 4) is 0 Å². The molecule has 0 amide bonds. The molecule has 0 aromatic heterocycles. The maximum atomic E-state index is 12.0. The molecule has 0 heterocycles. The van der Waals surface area contributed by atoms with Gasteiger partial charge < -0.3 is 15.2 Å². The van der Waals surface area contributed by atoms with Crippen molar-refractivity contribution in [1.29, 1.82) is 0 Å². The van der Waals surface area contributed by atoms with Gasteiger partial charge in [0.15, 0.2) is 0 Å². The van der Waals surface area contributed by atoms with Crippen LogP contribution in [-0.4, -0.2) is 35.4 Å². The fraction of sp³-hybridized carbons (Fsp3) is 0.941. The van der Waals surface area contributed by atoms with Gasteiger partial charge in [-0.1, -0.05) is 20.8 Å². The summed E-state index contributed by atoms with van der Waals surface area (Å²) < 4.78 is 5.46. The number of carbonyl (C=O) groups is 1. The van der Waals surface area contributed by atoms with Crippen molar-refractivity contribution in [2.75, 3.05) is 6.54 Å². The van der Waals surface area contributed by atoms with Crippen molar-refractivity contribution >= 4 is 5.97 Å². The Morgan fingerprint density at radius 3 is 2.10 bits per heavy atom. The van der Waals surface area contributed by atoms with E-state index in [1.165, 1.54) is 0 Å². The highest BCUT2D eigenvalue weighted by Gasteiger charge is 2.30. The van der Waals surface area contributed by atoms with Crippen LogP contribution in [0.25, 0.3) is 0 Å². The Balaban J connectivity index is 2.31. The molecule has 1 rings (SSSR count). The SMILES string of the molecule is CC(C)(C)OC(=O)C1CCC(NCC(O)C(C)(C)C)CC1. The summed E-state index contributed by atoms with van der Waals surface area (Å²) in [4.78, 5) is 12.0. The zero-order valence-corrected chi connectivity index (χ0v) is 14.5. The van der Waals surface area contributed by atoms with E-state index in [-0.39, 0.29) is 23.4 Å². The minimum atomic E-state index is -0.400. The highest BCUT2D eigenvalue weighted by atomic mass is 16.6. The van der Waals surface area contributed by atoms with Crippen LogP contribution in [-0.2, 0) is 9.53 Å². The molecule has 0 aliphatic heterocycles. The van der Waals surface area contributed by atoms with Crippen LogP contribution in [0.4, 0.5) is 0 Å². The zero-order valence-electron chi connectivity index (χ0n) is 14.5. The van der Waals surface area contributed by atoms with Crippen LogP contribution in [0.2, 0.25) is 0 Å². The molecule has 0 spiro atoms. The molecule has 4 heteroatoms. The van der Waals surface area contributed by atoms with Crippen molar-refractivity contribution in [3.05, 3.63) is 0 Å². The van der Waals surface area contributed by atoms with E-state index in [1.54, 1.807) is 0 Å². The predicted molar refractivity (Wildman–Crippen MR) is 85.1 cm³/mol. The standard InChI is InChI=1S/C17H33NO3/c1-16(2,3)14(19)11-18-13-9-7-12(8-10-13)15(20)21-17(4,5)6/h12-14,18-19H,7-11H2,1-6H3. The average molecular weight is 299 g/mol. The monoisotopic (exact) mass is 299 g/mol. The lowest BCUT2D eigenvalue weighted by Crippen LogP contribution is -2.43. The minimum absolute atomic E-state index is 0.0369. The first-order chi connectivity index (χ1) is 9.49. The fourth-order valence-electron chi connectivity index (χ4n) is 2.50. The van der Waals surface area contributed by atoms with Gasteiger partial charge in [-0.3, -0.25) is 4.79 Å². The van der Waals surface area contributed by atoms with E-state index < -0.39 is 5.60 Å². The largest absolute Gasteiger partial charge is 0.460 e. The number of ether oxygens (including phenoxy) is 1. The van der Waals surface area contributed by atoms with Gasteiger partial charge in [-0.2, -0.15) is 0 Å². The van der Waals surface area contributed by atoms with E-state index in [4.69, 9.17) is 4.74 Å². The van der Waals surface area contributed by atoms with Crippen LogP contribution in [0.1, 0.15) is 67.2 Å². The van der Waals surface area contributed by atoms with Gasteiger partial charge in [0.25, 0.3) is 0 Å². The van der Waals surface area contributed by atoms with Crippen LogP contribution < -0.4 is 5.32 Å². The first kappa shape index (κ1) is 18.4. The molecule has 21 heavy (non-hydrogen) atoms. The molecule has 1 unspecified atom stereocenters. The van der Waals surface area contributed by atoms with Crippen molar-refractivity contribution in [2.24, 2.45) is 11.3 Å². The number of esters is 1. The van der Waals surface area contributed by atoms with Gasteiger partial charge in [-0.15, -0.1) is 0 Å². The molecule has 0 radical (unpaired) electrons. The molecule has 2 N–H and O–H groups in total. The van der Waals surface area contributed by atoms with E-state index in [1.807, 2.05) is 41.5 Å². The molecule has 1 fully saturated rings. The van der Waals surface area contributed by atoms with Crippen molar-refractivity contribution in [3.63, 3.8) is 0 Å². The molecule has 0 aromatic rings. The lowest BCUT2D eigenvalue weighted by Gasteiger charge is -2.32. The average Bonchev–Trinajstić information content (AvgIpc) is 2.33. The van der Waals surface area contributed by atoms with Gasteiger partial charge >= 0.3 is 5.97 Å². The summed E-state index contributed by atoms with van der Waals surface area (Å²) in [6.45, 7) is 12.5. The maximum absolute atomic E-state index is 12.0. The number of rotatable bonds is 4. The Labute approximate surface area is 129 Å². The summed E-state index contributed by atoms with van der Waals surface area (Å²) in [5.41, 5.74) is -0.496. The third-order valence-corrected chi connectivity index (χ3v) is 4.07. The zero-order chi connectivity index (χ0) is 16.3. The summed E-state index contributed by atoms with van der Waals surface area (Å²) in [5, 5.41) is 13.5. The van der Waals surface area contributed by atoms with Crippen molar-refractivity contribution in [1.82, 2.24) is 5.32 Å². The van der Waals surface area contributed by atoms with Crippen LogP contribution in [0.15, 0.2) is 0 Å². The minimum Gasteiger partial charge on any atom is -0.460 e. The van der Waals surface area contributed by atoms with E-state index in [9.17, 15) is 9.90 Å². The van der Waals surface area contributed by atoms with Gasteiger partial charge in [0, 0.05) is 12.6 Å². The summed E-state index contributed by atoms with van der Waals surface area (Å²) in [5.74, 6) is -0.0227. The van der Waals surface area contributed by atoms with E-state index in [0.29, 0.717) is 12.6 Å². The number of nitrogens with one attached hydrogen (secondary N) is 1. The number of carbonyl (C=O) groups excluding carboxylic acids is 1. The van der Waals surface area contributed by atoms with Crippen molar-refractivity contribution < 1.29 is 14.6 Å². The molecule has 0 saturated heterocycles. The molecule has 1 atom stereocenters. The Bertz CT molecular complexity index is 333. The van der Waals surface area contributed by atoms with E-state index >= 15 is 0 Å².